The van der Waals surface area contributed by atoms with Crippen molar-refractivity contribution in [1.82, 2.24) is 14.9 Å². The third kappa shape index (κ3) is 3.04. The molecular formula is C12H14ClN3O3S. The van der Waals surface area contributed by atoms with Crippen molar-refractivity contribution in [3.8, 4) is 0 Å². The highest BCUT2D eigenvalue weighted by Crippen LogP contribution is 2.23. The molecule has 6 nitrogen and oxygen atoms in total. The minimum Gasteiger partial charge on any atom is -0.480 e. The van der Waals surface area contributed by atoms with Gasteiger partial charge in [0.25, 0.3) is 5.91 Å². The number of carbonyl (C=O) groups is 2. The molecule has 1 aliphatic heterocycles. The number of piperidine rings is 1. The molecule has 0 saturated carbocycles. The molecule has 0 spiro atoms. The molecule has 1 N–H and O–H groups in total. The fraction of sp³-hybridized carbons (Fsp3) is 0.500. The molecule has 0 aliphatic carbocycles. The lowest BCUT2D eigenvalue weighted by Crippen LogP contribution is -2.48. The van der Waals surface area contributed by atoms with Gasteiger partial charge in [-0.05, 0) is 25.5 Å². The molecular weight excluding hydrogens is 302 g/mol. The van der Waals surface area contributed by atoms with Crippen molar-refractivity contribution >= 4 is 35.2 Å². The summed E-state index contributed by atoms with van der Waals surface area (Å²) in [4.78, 5) is 33.1. The average molecular weight is 316 g/mol. The molecule has 1 aromatic heterocycles. The Hall–Kier alpha value is -1.34. The van der Waals surface area contributed by atoms with Crippen LogP contribution in [0.25, 0.3) is 0 Å². The van der Waals surface area contributed by atoms with E-state index >= 15 is 0 Å². The summed E-state index contributed by atoms with van der Waals surface area (Å²) in [6.07, 6.45) is 5.20. The van der Waals surface area contributed by atoms with Crippen molar-refractivity contribution in [2.24, 2.45) is 0 Å². The molecule has 1 aromatic rings. The highest BCUT2D eigenvalue weighted by atomic mass is 35.5. The molecule has 108 valence electrons. The number of hydrogen-bond donors (Lipinski definition) is 1. The van der Waals surface area contributed by atoms with Crippen LogP contribution in [0.2, 0.25) is 5.02 Å². The SMILES string of the molecule is CSc1ncc(Cl)c(C(=O)N2CCCC[C@H]2C(=O)O)n1. The summed E-state index contributed by atoms with van der Waals surface area (Å²) in [7, 11) is 0. The number of carbonyl (C=O) groups excluding carboxylic acids is 1. The number of nitrogens with zero attached hydrogens (tertiary/aromatic N) is 3. The second-order valence-electron chi connectivity index (χ2n) is 4.40. The van der Waals surface area contributed by atoms with E-state index in [4.69, 9.17) is 11.6 Å². The van der Waals surface area contributed by atoms with Crippen LogP contribution in [0, 0.1) is 0 Å². The molecule has 1 amide bonds. The lowest BCUT2D eigenvalue weighted by molar-refractivity contribution is -0.143. The number of amides is 1. The molecule has 0 aromatic carbocycles. The molecule has 2 heterocycles. The first-order valence-corrected chi connectivity index (χ1v) is 7.75. The number of hydrogen-bond acceptors (Lipinski definition) is 5. The van der Waals surface area contributed by atoms with Gasteiger partial charge in [-0.2, -0.15) is 0 Å². The Kier molecular flexibility index (Phi) is 4.82. The predicted octanol–water partition coefficient (Wildman–Crippen LogP) is 1.93. The van der Waals surface area contributed by atoms with Crippen molar-refractivity contribution in [2.45, 2.75) is 30.5 Å². The van der Waals surface area contributed by atoms with Crippen LogP contribution in [0.3, 0.4) is 0 Å². The van der Waals surface area contributed by atoms with E-state index in [0.29, 0.717) is 18.1 Å². The lowest BCUT2D eigenvalue weighted by atomic mass is 10.0. The first-order valence-electron chi connectivity index (χ1n) is 6.15. The first kappa shape index (κ1) is 15.1. The normalized spacial score (nSPS) is 18.9. The number of halogens is 1. The molecule has 1 aliphatic rings. The van der Waals surface area contributed by atoms with Gasteiger partial charge in [0.1, 0.15) is 6.04 Å². The molecule has 1 fully saturated rings. The van der Waals surface area contributed by atoms with Gasteiger partial charge in [-0.25, -0.2) is 14.8 Å². The van der Waals surface area contributed by atoms with Crippen molar-refractivity contribution in [3.05, 3.63) is 16.9 Å². The molecule has 2 rings (SSSR count). The Balaban J connectivity index is 2.31. The van der Waals surface area contributed by atoms with E-state index in [9.17, 15) is 14.7 Å². The van der Waals surface area contributed by atoms with E-state index < -0.39 is 17.9 Å². The third-order valence-corrected chi connectivity index (χ3v) is 3.99. The van der Waals surface area contributed by atoms with Gasteiger partial charge in [-0.3, -0.25) is 4.79 Å². The zero-order valence-corrected chi connectivity index (χ0v) is 12.4. The van der Waals surface area contributed by atoms with E-state index in [-0.39, 0.29) is 10.7 Å². The summed E-state index contributed by atoms with van der Waals surface area (Å²) < 4.78 is 0. The Bertz CT molecular complexity index is 541. The van der Waals surface area contributed by atoms with Gasteiger partial charge in [0.15, 0.2) is 10.9 Å². The minimum absolute atomic E-state index is 0.0687. The zero-order valence-electron chi connectivity index (χ0n) is 10.9. The van der Waals surface area contributed by atoms with Crippen molar-refractivity contribution in [3.63, 3.8) is 0 Å². The quantitative estimate of drug-likeness (QED) is 0.678. The number of rotatable bonds is 3. The lowest BCUT2D eigenvalue weighted by Gasteiger charge is -2.32. The summed E-state index contributed by atoms with van der Waals surface area (Å²) in [5, 5.41) is 9.78. The Labute approximate surface area is 125 Å². The predicted molar refractivity (Wildman–Crippen MR) is 75.1 cm³/mol. The van der Waals surface area contributed by atoms with E-state index in [1.165, 1.54) is 22.9 Å². The fourth-order valence-electron chi connectivity index (χ4n) is 2.17. The smallest absolute Gasteiger partial charge is 0.326 e. The monoisotopic (exact) mass is 315 g/mol. The summed E-state index contributed by atoms with van der Waals surface area (Å²) in [5.74, 6) is -1.44. The molecule has 0 radical (unpaired) electrons. The van der Waals surface area contributed by atoms with E-state index in [1.54, 1.807) is 6.26 Å². The molecule has 8 heteroatoms. The van der Waals surface area contributed by atoms with E-state index in [2.05, 4.69) is 9.97 Å². The highest BCUT2D eigenvalue weighted by molar-refractivity contribution is 7.98. The van der Waals surface area contributed by atoms with Gasteiger partial charge in [0.2, 0.25) is 0 Å². The molecule has 1 atom stereocenters. The van der Waals surface area contributed by atoms with Gasteiger partial charge in [0.05, 0.1) is 11.2 Å². The number of carboxylic acids is 1. The van der Waals surface area contributed by atoms with Crippen LogP contribution < -0.4 is 0 Å². The van der Waals surface area contributed by atoms with E-state index in [0.717, 1.165) is 12.8 Å². The van der Waals surface area contributed by atoms with Gasteiger partial charge < -0.3 is 10.0 Å². The van der Waals surface area contributed by atoms with Crippen LogP contribution in [0.15, 0.2) is 11.4 Å². The standard InChI is InChI=1S/C12H14ClN3O3S/c1-20-12-14-6-7(13)9(15-12)10(17)16-5-3-2-4-8(16)11(18)19/h6,8H,2-5H2,1H3,(H,18,19)/t8-/m0/s1. The van der Waals surface area contributed by atoms with Gasteiger partial charge in [-0.1, -0.05) is 23.4 Å². The number of likely N-dealkylation sites (tertiary alicyclic amines) is 1. The molecule has 1 saturated heterocycles. The second-order valence-corrected chi connectivity index (χ2v) is 5.58. The van der Waals surface area contributed by atoms with Gasteiger partial charge in [-0.15, -0.1) is 0 Å². The van der Waals surface area contributed by atoms with Crippen LogP contribution in [-0.2, 0) is 4.79 Å². The van der Waals surface area contributed by atoms with Crippen molar-refractivity contribution < 1.29 is 14.7 Å². The minimum atomic E-state index is -0.992. The van der Waals surface area contributed by atoms with Crippen LogP contribution in [-0.4, -0.2) is 50.7 Å². The topological polar surface area (TPSA) is 83.4 Å². The maximum absolute atomic E-state index is 12.5. The molecule has 0 unspecified atom stereocenters. The zero-order chi connectivity index (χ0) is 14.7. The van der Waals surface area contributed by atoms with Crippen LogP contribution in [0.4, 0.5) is 0 Å². The highest BCUT2D eigenvalue weighted by Gasteiger charge is 2.34. The van der Waals surface area contributed by atoms with Crippen molar-refractivity contribution in [1.29, 1.82) is 0 Å². The largest absolute Gasteiger partial charge is 0.480 e. The molecule has 20 heavy (non-hydrogen) atoms. The van der Waals surface area contributed by atoms with Crippen LogP contribution >= 0.6 is 23.4 Å². The van der Waals surface area contributed by atoms with Gasteiger partial charge in [0, 0.05) is 6.54 Å². The fourth-order valence-corrected chi connectivity index (χ4v) is 2.68. The number of carboxylic acid groups (broad SMARTS) is 1. The van der Waals surface area contributed by atoms with Crippen molar-refractivity contribution in [2.75, 3.05) is 12.8 Å². The number of aliphatic carboxylic acids is 1. The van der Waals surface area contributed by atoms with Gasteiger partial charge >= 0.3 is 5.97 Å². The Morgan fingerprint density at radius 3 is 2.90 bits per heavy atom. The Morgan fingerprint density at radius 1 is 1.50 bits per heavy atom. The Morgan fingerprint density at radius 2 is 2.25 bits per heavy atom. The molecule has 0 bridgehead atoms. The summed E-state index contributed by atoms with van der Waals surface area (Å²) >= 11 is 7.26. The van der Waals surface area contributed by atoms with Crippen LogP contribution in [0.5, 0.6) is 0 Å². The maximum Gasteiger partial charge on any atom is 0.326 e. The first-order chi connectivity index (χ1) is 9.54. The number of thioether (sulfide) groups is 1. The number of aromatic nitrogens is 2. The average Bonchev–Trinajstić information content (AvgIpc) is 2.47. The second kappa shape index (κ2) is 6.41. The summed E-state index contributed by atoms with van der Waals surface area (Å²) in [6.45, 7) is 0.407. The van der Waals surface area contributed by atoms with Crippen LogP contribution in [0.1, 0.15) is 29.8 Å². The maximum atomic E-state index is 12.5. The third-order valence-electron chi connectivity index (χ3n) is 3.16. The summed E-state index contributed by atoms with van der Waals surface area (Å²) in [6, 6.07) is -0.806. The van der Waals surface area contributed by atoms with E-state index in [1.807, 2.05) is 0 Å². The summed E-state index contributed by atoms with van der Waals surface area (Å²) in [5.41, 5.74) is 0.0687.